The van der Waals surface area contributed by atoms with Gasteiger partial charge in [-0.25, -0.2) is 0 Å². The molecular formula is C18H16F3IN2O2. The molecule has 26 heavy (non-hydrogen) atoms. The molecule has 2 aromatic rings. The zero-order chi connectivity index (χ0) is 19.3. The summed E-state index contributed by atoms with van der Waals surface area (Å²) in [6, 6.07) is 10.8. The first kappa shape index (κ1) is 20.2. The van der Waals surface area contributed by atoms with Crippen LogP contribution in [0.2, 0.25) is 0 Å². The third-order valence-electron chi connectivity index (χ3n) is 3.71. The van der Waals surface area contributed by atoms with Crippen molar-refractivity contribution in [1.29, 1.82) is 0 Å². The van der Waals surface area contributed by atoms with E-state index in [1.807, 2.05) is 24.3 Å². The Morgan fingerprint density at radius 2 is 1.69 bits per heavy atom. The number of rotatable bonds is 6. The highest BCUT2D eigenvalue weighted by Crippen LogP contribution is 2.29. The Balaban J connectivity index is 2.02. The highest BCUT2D eigenvalue weighted by Gasteiger charge is 2.30. The van der Waals surface area contributed by atoms with Gasteiger partial charge in [0.1, 0.15) is 6.04 Å². The lowest BCUT2D eigenvalue weighted by atomic mass is 10.0. The van der Waals surface area contributed by atoms with Crippen LogP contribution < -0.4 is 11.1 Å². The molecule has 0 saturated heterocycles. The van der Waals surface area contributed by atoms with Crippen LogP contribution in [-0.2, 0) is 28.6 Å². The molecule has 8 heteroatoms. The predicted molar refractivity (Wildman–Crippen MR) is 99.1 cm³/mol. The summed E-state index contributed by atoms with van der Waals surface area (Å²) in [6.45, 7) is 0. The highest BCUT2D eigenvalue weighted by atomic mass is 127. The second-order valence-corrected chi connectivity index (χ2v) is 6.85. The van der Waals surface area contributed by atoms with Gasteiger partial charge >= 0.3 is 6.18 Å². The molecule has 3 N–H and O–H groups in total. The van der Waals surface area contributed by atoms with Gasteiger partial charge in [0.25, 0.3) is 0 Å². The average Bonchev–Trinajstić information content (AvgIpc) is 2.55. The molecule has 0 aliphatic carbocycles. The zero-order valence-corrected chi connectivity index (χ0v) is 15.7. The number of hydrogen-bond acceptors (Lipinski definition) is 2. The predicted octanol–water partition coefficient (Wildman–Crippen LogP) is 3.07. The molecule has 0 aliphatic rings. The van der Waals surface area contributed by atoms with E-state index in [2.05, 4.69) is 27.9 Å². The number of alkyl halides is 3. The molecule has 0 fully saturated rings. The van der Waals surface area contributed by atoms with E-state index in [1.165, 1.54) is 12.1 Å². The molecule has 0 aliphatic heterocycles. The summed E-state index contributed by atoms with van der Waals surface area (Å²) >= 11 is 2.12. The van der Waals surface area contributed by atoms with E-state index in [-0.39, 0.29) is 12.8 Å². The molecule has 0 heterocycles. The zero-order valence-electron chi connectivity index (χ0n) is 13.5. The Morgan fingerprint density at radius 3 is 2.23 bits per heavy atom. The van der Waals surface area contributed by atoms with E-state index in [4.69, 9.17) is 5.73 Å². The second kappa shape index (κ2) is 8.52. The fourth-order valence-corrected chi connectivity index (χ4v) is 2.96. The van der Waals surface area contributed by atoms with Gasteiger partial charge < -0.3 is 11.1 Å². The fourth-order valence-electron chi connectivity index (χ4n) is 2.35. The number of amides is 2. The van der Waals surface area contributed by atoms with E-state index in [1.54, 1.807) is 0 Å². The van der Waals surface area contributed by atoms with Gasteiger partial charge in [-0.05, 0) is 51.9 Å². The monoisotopic (exact) mass is 476 g/mol. The molecule has 0 unspecified atom stereocenters. The van der Waals surface area contributed by atoms with Gasteiger partial charge in [0.2, 0.25) is 11.8 Å². The number of carbonyl (C=O) groups is 2. The molecule has 0 radical (unpaired) electrons. The van der Waals surface area contributed by atoms with E-state index >= 15 is 0 Å². The Hall–Kier alpha value is -2.10. The van der Waals surface area contributed by atoms with E-state index in [0.29, 0.717) is 5.56 Å². The third kappa shape index (κ3) is 5.72. The number of nitrogens with two attached hydrogens (primary N) is 1. The van der Waals surface area contributed by atoms with Gasteiger partial charge in [0, 0.05) is 9.99 Å². The fraction of sp³-hybridized carbons (Fsp3) is 0.222. The largest absolute Gasteiger partial charge is 0.416 e. The minimum atomic E-state index is -4.43. The first-order valence-corrected chi connectivity index (χ1v) is 8.73. The molecule has 1 atom stereocenters. The maximum absolute atomic E-state index is 12.6. The van der Waals surface area contributed by atoms with Crippen molar-refractivity contribution in [1.82, 2.24) is 5.32 Å². The van der Waals surface area contributed by atoms with Gasteiger partial charge in [-0.1, -0.05) is 30.3 Å². The molecule has 2 aromatic carbocycles. The molecular weight excluding hydrogens is 460 g/mol. The van der Waals surface area contributed by atoms with Crippen molar-refractivity contribution in [3.63, 3.8) is 0 Å². The summed E-state index contributed by atoms with van der Waals surface area (Å²) < 4.78 is 38.6. The van der Waals surface area contributed by atoms with E-state index in [9.17, 15) is 22.8 Å². The molecule has 2 rings (SSSR count). The van der Waals surface area contributed by atoms with E-state index < -0.39 is 29.6 Å². The van der Waals surface area contributed by atoms with Crippen molar-refractivity contribution in [2.45, 2.75) is 25.1 Å². The Bertz CT molecular complexity index is 792. The summed E-state index contributed by atoms with van der Waals surface area (Å²) in [6.07, 6.45) is -4.33. The summed E-state index contributed by atoms with van der Waals surface area (Å²) in [7, 11) is 0. The summed E-state index contributed by atoms with van der Waals surface area (Å²) in [5.41, 5.74) is 5.86. The summed E-state index contributed by atoms with van der Waals surface area (Å²) in [4.78, 5) is 23.8. The molecule has 138 valence electrons. The standard InChI is InChI=1S/C18H16F3IN2O2/c19-18(20,21)13-7-5-11(6-8-13)9-16(25)24-15(17(23)26)10-12-3-1-2-4-14(12)22/h1-8,15H,9-10H2,(H2,23,26)(H,24,25)/t15-/m0/s1. The minimum Gasteiger partial charge on any atom is -0.368 e. The topological polar surface area (TPSA) is 72.2 Å². The lowest BCUT2D eigenvalue weighted by Gasteiger charge is -2.16. The maximum atomic E-state index is 12.6. The van der Waals surface area contributed by atoms with Crippen molar-refractivity contribution < 1.29 is 22.8 Å². The van der Waals surface area contributed by atoms with Gasteiger partial charge in [-0.3, -0.25) is 9.59 Å². The SMILES string of the molecule is NC(=O)[C@H](Cc1ccccc1I)NC(=O)Cc1ccc(C(F)(F)F)cc1. The molecule has 0 aromatic heterocycles. The maximum Gasteiger partial charge on any atom is 0.416 e. The number of halogens is 4. The van der Waals surface area contributed by atoms with Gasteiger partial charge in [0.15, 0.2) is 0 Å². The Morgan fingerprint density at radius 1 is 1.08 bits per heavy atom. The normalized spacial score (nSPS) is 12.5. The van der Waals surface area contributed by atoms with Crippen LogP contribution in [0.4, 0.5) is 13.2 Å². The van der Waals surface area contributed by atoms with Gasteiger partial charge in [-0.2, -0.15) is 13.2 Å². The van der Waals surface area contributed by atoms with Crippen molar-refractivity contribution in [2.24, 2.45) is 5.73 Å². The van der Waals surface area contributed by atoms with Crippen LogP contribution in [0, 0.1) is 3.57 Å². The molecule has 0 spiro atoms. The lowest BCUT2D eigenvalue weighted by molar-refractivity contribution is -0.137. The third-order valence-corrected chi connectivity index (χ3v) is 4.76. The van der Waals surface area contributed by atoms with Crippen molar-refractivity contribution in [3.05, 3.63) is 68.8 Å². The summed E-state index contributed by atoms with van der Waals surface area (Å²) in [5.74, 6) is -1.16. The highest BCUT2D eigenvalue weighted by molar-refractivity contribution is 14.1. The van der Waals surface area contributed by atoms with Crippen LogP contribution in [0.15, 0.2) is 48.5 Å². The second-order valence-electron chi connectivity index (χ2n) is 5.69. The number of carbonyl (C=O) groups excluding carboxylic acids is 2. The number of nitrogens with one attached hydrogen (secondary N) is 1. The van der Waals surface area contributed by atoms with Crippen LogP contribution in [0.3, 0.4) is 0 Å². The Kier molecular flexibility index (Phi) is 6.63. The van der Waals surface area contributed by atoms with Gasteiger partial charge in [-0.15, -0.1) is 0 Å². The van der Waals surface area contributed by atoms with Crippen LogP contribution in [0.5, 0.6) is 0 Å². The number of primary amides is 1. The summed E-state index contributed by atoms with van der Waals surface area (Å²) in [5, 5.41) is 2.55. The van der Waals surface area contributed by atoms with Crippen molar-refractivity contribution in [2.75, 3.05) is 0 Å². The van der Waals surface area contributed by atoms with Gasteiger partial charge in [0.05, 0.1) is 12.0 Å². The smallest absolute Gasteiger partial charge is 0.368 e. The molecule has 0 saturated carbocycles. The minimum absolute atomic E-state index is 0.145. The molecule has 4 nitrogen and oxygen atoms in total. The van der Waals surface area contributed by atoms with Crippen LogP contribution in [0.1, 0.15) is 16.7 Å². The van der Waals surface area contributed by atoms with Crippen molar-refractivity contribution >= 4 is 34.4 Å². The van der Waals surface area contributed by atoms with E-state index in [0.717, 1.165) is 21.3 Å². The molecule has 2 amide bonds. The van der Waals surface area contributed by atoms with Crippen LogP contribution in [0.25, 0.3) is 0 Å². The van der Waals surface area contributed by atoms with Crippen LogP contribution >= 0.6 is 22.6 Å². The van der Waals surface area contributed by atoms with Crippen LogP contribution in [-0.4, -0.2) is 17.9 Å². The van der Waals surface area contributed by atoms with Crippen molar-refractivity contribution in [3.8, 4) is 0 Å². The quantitative estimate of drug-likeness (QED) is 0.630. The number of benzene rings is 2. The Labute approximate surface area is 162 Å². The first-order valence-electron chi connectivity index (χ1n) is 7.65. The average molecular weight is 476 g/mol. The number of hydrogen-bond donors (Lipinski definition) is 2. The lowest BCUT2D eigenvalue weighted by Crippen LogP contribution is -2.46. The molecule has 0 bridgehead atoms. The first-order chi connectivity index (χ1) is 12.2.